The molecule has 0 saturated carbocycles. The van der Waals surface area contributed by atoms with E-state index in [0.717, 1.165) is 18.4 Å². The highest BCUT2D eigenvalue weighted by atomic mass is 32.2. The third-order valence-electron chi connectivity index (χ3n) is 3.29. The zero-order chi connectivity index (χ0) is 16.5. The monoisotopic (exact) mass is 336 g/mol. The molecule has 0 unspecified atom stereocenters. The number of hydrogen-bond donors (Lipinski definition) is 1. The van der Waals surface area contributed by atoms with Crippen LogP contribution in [0.5, 0.6) is 0 Å². The van der Waals surface area contributed by atoms with Gasteiger partial charge in [0.2, 0.25) is 10.0 Å². The van der Waals surface area contributed by atoms with Gasteiger partial charge in [-0.3, -0.25) is 4.79 Å². The van der Waals surface area contributed by atoms with Crippen molar-refractivity contribution in [2.45, 2.75) is 18.6 Å². The van der Waals surface area contributed by atoms with E-state index in [1.807, 2.05) is 0 Å². The average Bonchev–Trinajstić information content (AvgIpc) is 2.83. The number of sulfonamides is 1. The van der Waals surface area contributed by atoms with Crippen molar-refractivity contribution in [1.82, 2.24) is 9.62 Å². The van der Waals surface area contributed by atoms with Gasteiger partial charge in [-0.15, -0.1) is 0 Å². The van der Waals surface area contributed by atoms with Gasteiger partial charge in [0.05, 0.1) is 11.8 Å². The quantitative estimate of drug-likeness (QED) is 0.909. The Morgan fingerprint density at radius 2 is 2.05 bits per heavy atom. The first-order valence-electron chi connectivity index (χ1n) is 6.50. The fourth-order valence-corrected chi connectivity index (χ4v) is 3.15. The molecule has 22 heavy (non-hydrogen) atoms. The molecule has 1 aromatic rings. The number of hydrogen-bond acceptors (Lipinski definition) is 3. The Morgan fingerprint density at radius 1 is 1.36 bits per heavy atom. The normalized spacial score (nSPS) is 19.5. The smallest absolute Gasteiger partial charge is 0.337 e. The van der Waals surface area contributed by atoms with E-state index >= 15 is 0 Å². The molecule has 1 fully saturated rings. The number of amides is 1. The van der Waals surface area contributed by atoms with E-state index in [9.17, 15) is 26.4 Å². The summed E-state index contributed by atoms with van der Waals surface area (Å²) in [4.78, 5) is 13.6. The van der Waals surface area contributed by atoms with Gasteiger partial charge in [0.25, 0.3) is 5.91 Å². The minimum Gasteiger partial charge on any atom is -0.337 e. The molecule has 0 aliphatic carbocycles. The highest BCUT2D eigenvalue weighted by molar-refractivity contribution is 7.88. The number of likely N-dealkylation sites (tertiary alicyclic amines) is 1. The van der Waals surface area contributed by atoms with Gasteiger partial charge in [0.15, 0.2) is 0 Å². The molecule has 0 bridgehead atoms. The Morgan fingerprint density at radius 3 is 2.64 bits per heavy atom. The molecule has 1 aliphatic rings. The molecule has 122 valence electrons. The molecular formula is C13H15F3N2O3S. The predicted octanol–water partition coefficient (Wildman–Crippen LogP) is 1.47. The summed E-state index contributed by atoms with van der Waals surface area (Å²) in [5, 5.41) is 0. The van der Waals surface area contributed by atoms with Gasteiger partial charge in [-0.05, 0) is 24.6 Å². The lowest BCUT2D eigenvalue weighted by atomic mass is 10.1. The summed E-state index contributed by atoms with van der Waals surface area (Å²) in [6, 6.07) is 3.78. The predicted molar refractivity (Wildman–Crippen MR) is 73.7 cm³/mol. The molecule has 1 aromatic carbocycles. The maximum atomic E-state index is 12.7. The molecular weight excluding hydrogens is 321 g/mol. The van der Waals surface area contributed by atoms with Crippen LogP contribution in [-0.4, -0.2) is 44.6 Å². The van der Waals surface area contributed by atoms with Crippen molar-refractivity contribution < 1.29 is 26.4 Å². The molecule has 1 N–H and O–H groups in total. The van der Waals surface area contributed by atoms with E-state index in [2.05, 4.69) is 4.72 Å². The summed E-state index contributed by atoms with van der Waals surface area (Å²) in [6.07, 6.45) is -3.07. The second kappa shape index (κ2) is 5.88. The molecule has 1 amide bonds. The van der Waals surface area contributed by atoms with Crippen molar-refractivity contribution in [2.75, 3.05) is 19.3 Å². The fraction of sp³-hybridized carbons (Fsp3) is 0.462. The second-order valence-electron chi connectivity index (χ2n) is 5.21. The number of nitrogens with zero attached hydrogens (tertiary/aromatic N) is 1. The number of carbonyl (C=O) groups excluding carboxylic acids is 1. The zero-order valence-electron chi connectivity index (χ0n) is 11.7. The van der Waals surface area contributed by atoms with E-state index in [1.165, 1.54) is 17.0 Å². The molecule has 1 saturated heterocycles. The third-order valence-corrected chi connectivity index (χ3v) is 4.05. The Balaban J connectivity index is 2.10. The summed E-state index contributed by atoms with van der Waals surface area (Å²) in [5.74, 6) is -0.538. The van der Waals surface area contributed by atoms with Crippen LogP contribution in [0.25, 0.3) is 0 Å². The van der Waals surface area contributed by atoms with Gasteiger partial charge < -0.3 is 4.90 Å². The Labute approximate surface area is 126 Å². The van der Waals surface area contributed by atoms with Gasteiger partial charge >= 0.3 is 6.18 Å². The molecule has 9 heteroatoms. The molecule has 0 radical (unpaired) electrons. The van der Waals surface area contributed by atoms with Crippen molar-refractivity contribution in [3.05, 3.63) is 35.4 Å². The molecule has 0 aromatic heterocycles. The number of rotatable bonds is 3. The van der Waals surface area contributed by atoms with Crippen LogP contribution in [0.3, 0.4) is 0 Å². The summed E-state index contributed by atoms with van der Waals surface area (Å²) in [5.41, 5.74) is -0.946. The number of benzene rings is 1. The van der Waals surface area contributed by atoms with Crippen LogP contribution >= 0.6 is 0 Å². The van der Waals surface area contributed by atoms with Crippen molar-refractivity contribution in [1.29, 1.82) is 0 Å². The summed E-state index contributed by atoms with van der Waals surface area (Å²) in [6.45, 7) is 0.435. The van der Waals surface area contributed by atoms with E-state index in [4.69, 9.17) is 0 Å². The highest BCUT2D eigenvalue weighted by Crippen LogP contribution is 2.30. The van der Waals surface area contributed by atoms with E-state index in [1.54, 1.807) is 0 Å². The average molecular weight is 336 g/mol. The highest BCUT2D eigenvalue weighted by Gasteiger charge is 2.32. The van der Waals surface area contributed by atoms with Gasteiger partial charge in [-0.25, -0.2) is 13.1 Å². The number of carbonyl (C=O) groups is 1. The standard InChI is InChI=1S/C13H15F3N2O3S/c1-22(20,21)17-11-5-6-18(8-11)12(19)9-3-2-4-10(7-9)13(14,15)16/h2-4,7,11,17H,5-6,8H2,1H3/t11-/m1/s1. The first-order valence-corrected chi connectivity index (χ1v) is 8.39. The van der Waals surface area contributed by atoms with Crippen LogP contribution in [0.2, 0.25) is 0 Å². The minimum atomic E-state index is -4.51. The Kier molecular flexibility index (Phi) is 4.48. The van der Waals surface area contributed by atoms with Crippen molar-refractivity contribution in [2.24, 2.45) is 0 Å². The number of nitrogens with one attached hydrogen (secondary N) is 1. The van der Waals surface area contributed by atoms with Gasteiger partial charge in [-0.1, -0.05) is 6.07 Å². The maximum Gasteiger partial charge on any atom is 0.416 e. The SMILES string of the molecule is CS(=O)(=O)N[C@@H]1CCN(C(=O)c2cccc(C(F)(F)F)c2)C1. The molecule has 2 rings (SSSR count). The summed E-state index contributed by atoms with van der Waals surface area (Å²) < 4.78 is 62.7. The Bertz CT molecular complexity index is 673. The number of halogens is 3. The summed E-state index contributed by atoms with van der Waals surface area (Å²) >= 11 is 0. The van der Waals surface area contributed by atoms with E-state index in [0.29, 0.717) is 13.0 Å². The van der Waals surface area contributed by atoms with Crippen molar-refractivity contribution in [3.8, 4) is 0 Å². The minimum absolute atomic E-state index is 0.0603. The van der Waals surface area contributed by atoms with Gasteiger partial charge in [0, 0.05) is 24.7 Å². The van der Waals surface area contributed by atoms with Crippen LogP contribution < -0.4 is 4.72 Å². The molecule has 1 aliphatic heterocycles. The lowest BCUT2D eigenvalue weighted by Crippen LogP contribution is -2.37. The number of alkyl halides is 3. The topological polar surface area (TPSA) is 66.5 Å². The van der Waals surface area contributed by atoms with Gasteiger partial charge in [-0.2, -0.15) is 13.2 Å². The van der Waals surface area contributed by atoms with Crippen molar-refractivity contribution >= 4 is 15.9 Å². The Hall–Kier alpha value is -1.61. The molecule has 0 spiro atoms. The molecule has 1 heterocycles. The molecule has 5 nitrogen and oxygen atoms in total. The maximum absolute atomic E-state index is 12.7. The lowest BCUT2D eigenvalue weighted by molar-refractivity contribution is -0.137. The van der Waals surface area contributed by atoms with Crippen LogP contribution in [-0.2, 0) is 16.2 Å². The van der Waals surface area contributed by atoms with Gasteiger partial charge in [0.1, 0.15) is 0 Å². The van der Waals surface area contributed by atoms with Crippen LogP contribution in [0.4, 0.5) is 13.2 Å². The third kappa shape index (κ3) is 4.20. The van der Waals surface area contributed by atoms with Crippen LogP contribution in [0.15, 0.2) is 24.3 Å². The first-order chi connectivity index (χ1) is 10.1. The van der Waals surface area contributed by atoms with Crippen molar-refractivity contribution in [3.63, 3.8) is 0 Å². The summed E-state index contributed by atoms with van der Waals surface area (Å²) in [7, 11) is -3.38. The molecule has 1 atom stereocenters. The zero-order valence-corrected chi connectivity index (χ0v) is 12.5. The second-order valence-corrected chi connectivity index (χ2v) is 6.99. The fourth-order valence-electron chi connectivity index (χ4n) is 2.35. The van der Waals surface area contributed by atoms with E-state index in [-0.39, 0.29) is 12.1 Å². The van der Waals surface area contributed by atoms with E-state index < -0.39 is 33.7 Å². The van der Waals surface area contributed by atoms with Crippen LogP contribution in [0, 0.1) is 0 Å². The first kappa shape index (κ1) is 16.8. The largest absolute Gasteiger partial charge is 0.416 e. The lowest BCUT2D eigenvalue weighted by Gasteiger charge is -2.17. The van der Waals surface area contributed by atoms with Crippen LogP contribution in [0.1, 0.15) is 22.3 Å².